The highest BCUT2D eigenvalue weighted by atomic mass is 16.7. The Morgan fingerprint density at radius 1 is 1.20 bits per heavy atom. The maximum atomic E-state index is 11.6. The minimum atomic E-state index is -0.618. The highest BCUT2D eigenvalue weighted by Gasteiger charge is 2.07. The van der Waals surface area contributed by atoms with Crippen LogP contribution in [0.15, 0.2) is 47.9 Å². The van der Waals surface area contributed by atoms with Crippen LogP contribution in [-0.2, 0) is 4.84 Å². The van der Waals surface area contributed by atoms with Gasteiger partial charge in [0, 0.05) is 18.1 Å². The van der Waals surface area contributed by atoms with Gasteiger partial charge in [0.1, 0.15) is 0 Å². The summed E-state index contributed by atoms with van der Waals surface area (Å²) in [6.45, 7) is 3.84. The third-order valence-electron chi connectivity index (χ3n) is 2.75. The van der Waals surface area contributed by atoms with E-state index in [1.54, 1.807) is 24.5 Å². The Hall–Kier alpha value is -2.69. The molecular formula is C15H15N3O2. The van der Waals surface area contributed by atoms with Crippen LogP contribution in [0.3, 0.4) is 0 Å². The van der Waals surface area contributed by atoms with Crippen LogP contribution in [0.5, 0.6) is 0 Å². The zero-order valence-corrected chi connectivity index (χ0v) is 11.3. The summed E-state index contributed by atoms with van der Waals surface area (Å²) in [5.41, 5.74) is 3.50. The van der Waals surface area contributed by atoms with Gasteiger partial charge in [-0.2, -0.15) is 0 Å². The minimum absolute atomic E-state index is 0.618. The number of para-hydroxylation sites is 1. The van der Waals surface area contributed by atoms with Crippen LogP contribution >= 0.6 is 0 Å². The summed E-state index contributed by atoms with van der Waals surface area (Å²) in [4.78, 5) is 20.3. The van der Waals surface area contributed by atoms with Gasteiger partial charge in [-0.1, -0.05) is 23.4 Å². The molecule has 0 saturated heterocycles. The van der Waals surface area contributed by atoms with Crippen LogP contribution in [0.4, 0.5) is 10.5 Å². The van der Waals surface area contributed by atoms with Gasteiger partial charge in [-0.05, 0) is 42.7 Å². The van der Waals surface area contributed by atoms with Crippen molar-refractivity contribution in [3.8, 4) is 0 Å². The molecule has 1 heterocycles. The summed E-state index contributed by atoms with van der Waals surface area (Å²) in [6.07, 6.45) is 4.11. The first kappa shape index (κ1) is 13.7. The van der Waals surface area contributed by atoms with E-state index in [1.807, 2.05) is 32.0 Å². The van der Waals surface area contributed by atoms with Gasteiger partial charge in [0.2, 0.25) is 0 Å². The number of amides is 1. The van der Waals surface area contributed by atoms with Crippen LogP contribution < -0.4 is 5.32 Å². The number of oxime groups is 1. The number of pyridine rings is 1. The minimum Gasteiger partial charge on any atom is -0.298 e. The zero-order valence-electron chi connectivity index (χ0n) is 11.3. The predicted octanol–water partition coefficient (Wildman–Crippen LogP) is 3.28. The van der Waals surface area contributed by atoms with Gasteiger partial charge in [0.05, 0.1) is 6.21 Å². The van der Waals surface area contributed by atoms with Gasteiger partial charge in [-0.3, -0.25) is 15.1 Å². The molecule has 0 bridgehead atoms. The van der Waals surface area contributed by atoms with E-state index in [-0.39, 0.29) is 0 Å². The van der Waals surface area contributed by atoms with Crippen LogP contribution in [0, 0.1) is 13.8 Å². The second-order valence-corrected chi connectivity index (χ2v) is 4.29. The molecule has 0 radical (unpaired) electrons. The van der Waals surface area contributed by atoms with Crippen LogP contribution in [-0.4, -0.2) is 17.3 Å². The zero-order chi connectivity index (χ0) is 14.4. The van der Waals surface area contributed by atoms with Crippen LogP contribution in [0.2, 0.25) is 0 Å². The fraction of sp³-hybridized carbons (Fsp3) is 0.133. The summed E-state index contributed by atoms with van der Waals surface area (Å²) in [5.74, 6) is 0. The van der Waals surface area contributed by atoms with E-state index in [4.69, 9.17) is 4.84 Å². The van der Waals surface area contributed by atoms with Crippen LogP contribution in [0.25, 0.3) is 0 Å². The molecule has 0 aliphatic heterocycles. The van der Waals surface area contributed by atoms with Crippen molar-refractivity contribution in [2.45, 2.75) is 13.8 Å². The van der Waals surface area contributed by atoms with E-state index in [0.717, 1.165) is 22.4 Å². The number of nitrogens with one attached hydrogen (secondary N) is 1. The number of benzene rings is 1. The lowest BCUT2D eigenvalue weighted by atomic mass is 10.1. The number of carbonyl (C=O) groups excluding carboxylic acids is 1. The lowest BCUT2D eigenvalue weighted by Crippen LogP contribution is -2.12. The predicted molar refractivity (Wildman–Crippen MR) is 77.9 cm³/mol. The SMILES string of the molecule is Cc1cccc(C)c1NC(=O)O/N=C/c1ccncc1. The number of carbonyl (C=O) groups is 1. The molecule has 0 atom stereocenters. The van der Waals surface area contributed by atoms with Gasteiger partial charge in [0.15, 0.2) is 0 Å². The van der Waals surface area contributed by atoms with Crippen LogP contribution in [0.1, 0.15) is 16.7 Å². The van der Waals surface area contributed by atoms with Gasteiger partial charge in [-0.15, -0.1) is 0 Å². The molecule has 1 N–H and O–H groups in total. The lowest BCUT2D eigenvalue weighted by Gasteiger charge is -2.09. The van der Waals surface area contributed by atoms with Crippen molar-refractivity contribution in [3.05, 3.63) is 59.4 Å². The maximum Gasteiger partial charge on any atom is 0.437 e. The number of nitrogens with zero attached hydrogens (tertiary/aromatic N) is 2. The Morgan fingerprint density at radius 3 is 2.50 bits per heavy atom. The first-order chi connectivity index (χ1) is 9.66. The van der Waals surface area contributed by atoms with E-state index < -0.39 is 6.09 Å². The molecule has 0 aliphatic carbocycles. The summed E-state index contributed by atoms with van der Waals surface area (Å²) < 4.78 is 0. The summed E-state index contributed by atoms with van der Waals surface area (Å²) in [7, 11) is 0. The lowest BCUT2D eigenvalue weighted by molar-refractivity contribution is 0.167. The molecule has 0 fully saturated rings. The Morgan fingerprint density at radius 2 is 1.85 bits per heavy atom. The fourth-order valence-corrected chi connectivity index (χ4v) is 1.72. The first-order valence-corrected chi connectivity index (χ1v) is 6.14. The average molecular weight is 269 g/mol. The maximum absolute atomic E-state index is 11.6. The third kappa shape index (κ3) is 3.65. The van der Waals surface area contributed by atoms with Gasteiger partial charge in [0.25, 0.3) is 0 Å². The molecule has 0 saturated carbocycles. The molecular weight excluding hydrogens is 254 g/mol. The number of rotatable bonds is 3. The Labute approximate surface area is 117 Å². The fourth-order valence-electron chi connectivity index (χ4n) is 1.72. The molecule has 2 aromatic rings. The Balaban J connectivity index is 1.95. The second kappa shape index (κ2) is 6.47. The van der Waals surface area contributed by atoms with Crippen molar-refractivity contribution in [1.82, 2.24) is 4.98 Å². The van der Waals surface area contributed by atoms with Crippen molar-refractivity contribution in [2.75, 3.05) is 5.32 Å². The normalized spacial score (nSPS) is 10.5. The molecule has 1 aromatic heterocycles. The molecule has 5 nitrogen and oxygen atoms in total. The van der Waals surface area contributed by atoms with Gasteiger partial charge < -0.3 is 0 Å². The number of aryl methyl sites for hydroxylation is 2. The molecule has 0 unspecified atom stereocenters. The van der Waals surface area contributed by atoms with Crippen molar-refractivity contribution < 1.29 is 9.63 Å². The summed E-state index contributed by atoms with van der Waals surface area (Å²) in [5, 5.41) is 6.31. The molecule has 5 heteroatoms. The Bertz CT molecular complexity index is 604. The highest BCUT2D eigenvalue weighted by Crippen LogP contribution is 2.19. The summed E-state index contributed by atoms with van der Waals surface area (Å²) in [6, 6.07) is 9.29. The summed E-state index contributed by atoms with van der Waals surface area (Å²) >= 11 is 0. The monoisotopic (exact) mass is 269 g/mol. The molecule has 1 amide bonds. The standard InChI is InChI=1S/C15H15N3O2/c1-11-4-3-5-12(2)14(11)18-15(19)20-17-10-13-6-8-16-9-7-13/h3-10H,1-2H3,(H,18,19)/b17-10+. The molecule has 20 heavy (non-hydrogen) atoms. The number of anilines is 1. The second-order valence-electron chi connectivity index (χ2n) is 4.29. The van der Waals surface area contributed by atoms with Gasteiger partial charge >= 0.3 is 6.09 Å². The Kier molecular flexibility index (Phi) is 4.44. The highest BCUT2D eigenvalue weighted by molar-refractivity contribution is 5.87. The topological polar surface area (TPSA) is 63.6 Å². The molecule has 2 rings (SSSR count). The van der Waals surface area contributed by atoms with Crippen molar-refractivity contribution in [1.29, 1.82) is 0 Å². The van der Waals surface area contributed by atoms with E-state index in [2.05, 4.69) is 15.5 Å². The first-order valence-electron chi connectivity index (χ1n) is 6.14. The van der Waals surface area contributed by atoms with E-state index >= 15 is 0 Å². The molecule has 1 aromatic carbocycles. The quantitative estimate of drug-likeness (QED) is 0.528. The van der Waals surface area contributed by atoms with Crippen molar-refractivity contribution >= 4 is 18.0 Å². The van der Waals surface area contributed by atoms with E-state index in [0.29, 0.717) is 0 Å². The van der Waals surface area contributed by atoms with E-state index in [9.17, 15) is 4.79 Å². The third-order valence-corrected chi connectivity index (χ3v) is 2.75. The number of hydrogen-bond donors (Lipinski definition) is 1. The van der Waals surface area contributed by atoms with Crippen molar-refractivity contribution in [3.63, 3.8) is 0 Å². The largest absolute Gasteiger partial charge is 0.437 e. The molecule has 0 spiro atoms. The smallest absolute Gasteiger partial charge is 0.298 e. The van der Waals surface area contributed by atoms with Crippen molar-refractivity contribution in [2.24, 2.45) is 5.16 Å². The number of aromatic nitrogens is 1. The molecule has 102 valence electrons. The van der Waals surface area contributed by atoms with E-state index in [1.165, 1.54) is 6.21 Å². The molecule has 0 aliphatic rings. The average Bonchev–Trinajstić information content (AvgIpc) is 2.44. The number of hydrogen-bond acceptors (Lipinski definition) is 4. The van der Waals surface area contributed by atoms with Gasteiger partial charge in [-0.25, -0.2) is 4.79 Å².